The van der Waals surface area contributed by atoms with E-state index in [2.05, 4.69) is 16.2 Å². The molecule has 1 aromatic carbocycles. The number of nitrogens with one attached hydrogen (secondary N) is 3. The average Bonchev–Trinajstić information content (AvgIpc) is 3.09. The first-order valence-electron chi connectivity index (χ1n) is 6.80. The first kappa shape index (κ1) is 17.9. The lowest BCUT2D eigenvalue weighted by Crippen LogP contribution is -2.42. The van der Waals surface area contributed by atoms with Gasteiger partial charge in [-0.25, -0.2) is 0 Å². The molecule has 3 N–H and O–H groups in total. The Bertz CT molecular complexity index is 704. The number of hydrogen-bond acceptors (Lipinski definition) is 5. The number of anilines is 1. The van der Waals surface area contributed by atoms with Crippen molar-refractivity contribution in [1.82, 2.24) is 10.9 Å². The number of amides is 3. The van der Waals surface area contributed by atoms with Crippen LogP contribution in [0.2, 0.25) is 5.02 Å². The van der Waals surface area contributed by atoms with Crippen LogP contribution < -0.4 is 16.2 Å². The van der Waals surface area contributed by atoms with Crippen molar-refractivity contribution < 1.29 is 18.8 Å². The van der Waals surface area contributed by atoms with Crippen molar-refractivity contribution in [3.05, 3.63) is 53.4 Å². The number of furan rings is 1. The summed E-state index contributed by atoms with van der Waals surface area (Å²) in [6, 6.07) is 9.73. The van der Waals surface area contributed by atoms with E-state index < -0.39 is 11.8 Å². The van der Waals surface area contributed by atoms with Crippen LogP contribution in [0.5, 0.6) is 0 Å². The van der Waals surface area contributed by atoms with Gasteiger partial charge < -0.3 is 9.73 Å². The second-order valence-electron chi connectivity index (χ2n) is 4.53. The molecule has 0 unspecified atom stereocenters. The summed E-state index contributed by atoms with van der Waals surface area (Å²) in [7, 11) is 0. The van der Waals surface area contributed by atoms with Gasteiger partial charge in [-0.2, -0.15) is 0 Å². The van der Waals surface area contributed by atoms with Gasteiger partial charge in [0, 0.05) is 10.7 Å². The molecule has 0 radical (unpaired) electrons. The Balaban J connectivity index is 1.62. The van der Waals surface area contributed by atoms with Crippen LogP contribution in [0.3, 0.4) is 0 Å². The molecular formula is C15H14ClN3O4S. The van der Waals surface area contributed by atoms with Gasteiger partial charge >= 0.3 is 5.91 Å². The molecule has 0 spiro atoms. The Morgan fingerprint density at radius 2 is 1.71 bits per heavy atom. The lowest BCUT2D eigenvalue weighted by molar-refractivity contribution is -0.119. The van der Waals surface area contributed by atoms with Gasteiger partial charge in [0.05, 0.1) is 17.8 Å². The molecular weight excluding hydrogens is 354 g/mol. The molecule has 0 atom stereocenters. The third-order valence-electron chi connectivity index (χ3n) is 2.65. The summed E-state index contributed by atoms with van der Waals surface area (Å²) in [5, 5.41) is 3.26. The highest BCUT2D eigenvalue weighted by molar-refractivity contribution is 8.00. The zero-order chi connectivity index (χ0) is 17.4. The van der Waals surface area contributed by atoms with Crippen LogP contribution in [0.25, 0.3) is 0 Å². The van der Waals surface area contributed by atoms with Gasteiger partial charge in [-0.15, -0.1) is 11.8 Å². The summed E-state index contributed by atoms with van der Waals surface area (Å²) in [5.74, 6) is -1.02. The molecule has 2 aromatic rings. The molecule has 3 amide bonds. The van der Waals surface area contributed by atoms with Gasteiger partial charge in [-0.1, -0.05) is 11.6 Å². The van der Waals surface area contributed by atoms with Gasteiger partial charge in [-0.3, -0.25) is 25.2 Å². The summed E-state index contributed by atoms with van der Waals surface area (Å²) in [5.41, 5.74) is 5.07. The smallest absolute Gasteiger partial charge is 0.305 e. The predicted octanol–water partition coefficient (Wildman–Crippen LogP) is 2.07. The number of thioether (sulfide) groups is 1. The van der Waals surface area contributed by atoms with Gasteiger partial charge in [-0.05, 0) is 36.4 Å². The Hall–Kier alpha value is -2.45. The van der Waals surface area contributed by atoms with Crippen LogP contribution in [0.15, 0.2) is 47.1 Å². The summed E-state index contributed by atoms with van der Waals surface area (Å²) in [6.45, 7) is 0. The zero-order valence-electron chi connectivity index (χ0n) is 12.4. The zero-order valence-corrected chi connectivity index (χ0v) is 13.9. The van der Waals surface area contributed by atoms with E-state index in [0.717, 1.165) is 11.8 Å². The second-order valence-corrected chi connectivity index (χ2v) is 5.95. The largest absolute Gasteiger partial charge is 0.459 e. The van der Waals surface area contributed by atoms with E-state index in [1.165, 1.54) is 12.3 Å². The maximum absolute atomic E-state index is 11.7. The number of halogens is 1. The number of hydrazine groups is 1. The van der Waals surface area contributed by atoms with Crippen LogP contribution in [0, 0.1) is 0 Å². The van der Waals surface area contributed by atoms with Crippen LogP contribution >= 0.6 is 23.4 Å². The Labute approximate surface area is 147 Å². The van der Waals surface area contributed by atoms with E-state index in [1.54, 1.807) is 30.3 Å². The summed E-state index contributed by atoms with van der Waals surface area (Å²) < 4.78 is 4.87. The normalized spacial score (nSPS) is 10.0. The first-order valence-corrected chi connectivity index (χ1v) is 8.34. The number of rotatable bonds is 6. The van der Waals surface area contributed by atoms with Crippen LogP contribution in [0.1, 0.15) is 10.6 Å². The van der Waals surface area contributed by atoms with Crippen LogP contribution in [0.4, 0.5) is 5.69 Å². The maximum atomic E-state index is 11.7. The molecule has 7 nitrogen and oxygen atoms in total. The third kappa shape index (κ3) is 5.98. The number of carbonyl (C=O) groups excluding carboxylic acids is 3. The molecule has 1 aromatic heterocycles. The van der Waals surface area contributed by atoms with Crippen molar-refractivity contribution in [3.8, 4) is 0 Å². The van der Waals surface area contributed by atoms with Gasteiger partial charge in [0.2, 0.25) is 11.8 Å². The predicted molar refractivity (Wildman–Crippen MR) is 91.7 cm³/mol. The molecule has 1 heterocycles. The Morgan fingerprint density at radius 1 is 1.00 bits per heavy atom. The molecule has 2 rings (SSSR count). The number of hydrogen-bond donors (Lipinski definition) is 3. The summed E-state index contributed by atoms with van der Waals surface area (Å²) >= 11 is 6.87. The highest BCUT2D eigenvalue weighted by Crippen LogP contribution is 2.13. The molecule has 0 aliphatic rings. The molecule has 0 saturated heterocycles. The molecule has 24 heavy (non-hydrogen) atoms. The topological polar surface area (TPSA) is 100 Å². The highest BCUT2D eigenvalue weighted by atomic mass is 35.5. The molecule has 0 aliphatic heterocycles. The lowest BCUT2D eigenvalue weighted by Gasteiger charge is -2.07. The molecule has 0 saturated carbocycles. The van der Waals surface area contributed by atoms with Crippen molar-refractivity contribution in [3.63, 3.8) is 0 Å². The lowest BCUT2D eigenvalue weighted by atomic mass is 10.3. The van der Waals surface area contributed by atoms with Crippen molar-refractivity contribution in [2.75, 3.05) is 16.8 Å². The van der Waals surface area contributed by atoms with Crippen molar-refractivity contribution in [2.24, 2.45) is 0 Å². The quantitative estimate of drug-likeness (QED) is 0.678. The van der Waals surface area contributed by atoms with E-state index in [-0.39, 0.29) is 23.2 Å². The minimum Gasteiger partial charge on any atom is -0.459 e. The fourth-order valence-corrected chi connectivity index (χ4v) is 2.34. The third-order valence-corrected chi connectivity index (χ3v) is 3.84. The average molecular weight is 368 g/mol. The number of carbonyl (C=O) groups is 3. The van der Waals surface area contributed by atoms with E-state index in [4.69, 9.17) is 16.0 Å². The van der Waals surface area contributed by atoms with Crippen LogP contribution in [-0.2, 0) is 9.59 Å². The van der Waals surface area contributed by atoms with Gasteiger partial charge in [0.15, 0.2) is 5.76 Å². The molecule has 0 fully saturated rings. The van der Waals surface area contributed by atoms with E-state index in [1.807, 2.05) is 0 Å². The Morgan fingerprint density at radius 3 is 2.38 bits per heavy atom. The number of benzene rings is 1. The Kier molecular flexibility index (Phi) is 6.71. The molecule has 0 bridgehead atoms. The van der Waals surface area contributed by atoms with Crippen LogP contribution in [-0.4, -0.2) is 29.2 Å². The fraction of sp³-hybridized carbons (Fsp3) is 0.133. The first-order chi connectivity index (χ1) is 11.5. The molecule has 0 aliphatic carbocycles. The summed E-state index contributed by atoms with van der Waals surface area (Å²) in [4.78, 5) is 34.8. The van der Waals surface area contributed by atoms with Crippen molar-refractivity contribution in [2.45, 2.75) is 0 Å². The maximum Gasteiger partial charge on any atom is 0.305 e. The standard InChI is InChI=1S/C15H14ClN3O4S/c16-10-3-5-11(6-4-10)17-13(20)8-24-9-14(21)18-19-15(22)12-2-1-7-23-12/h1-7H,8-9H2,(H,17,20)(H,18,21)(H,19,22). The van der Waals surface area contributed by atoms with Crippen molar-refractivity contribution >= 4 is 46.8 Å². The minimum absolute atomic E-state index is 0.0203. The second kappa shape index (κ2) is 8.99. The van der Waals surface area contributed by atoms with E-state index in [0.29, 0.717) is 10.7 Å². The van der Waals surface area contributed by atoms with E-state index >= 15 is 0 Å². The molecule has 126 valence electrons. The SMILES string of the molecule is O=C(CSCC(=O)Nc1ccc(Cl)cc1)NNC(=O)c1ccco1. The van der Waals surface area contributed by atoms with E-state index in [9.17, 15) is 14.4 Å². The minimum atomic E-state index is -0.557. The fourth-order valence-electron chi connectivity index (χ4n) is 1.60. The molecule has 9 heteroatoms. The monoisotopic (exact) mass is 367 g/mol. The van der Waals surface area contributed by atoms with Gasteiger partial charge in [0.25, 0.3) is 0 Å². The van der Waals surface area contributed by atoms with Crippen molar-refractivity contribution in [1.29, 1.82) is 0 Å². The summed E-state index contributed by atoms with van der Waals surface area (Å²) in [6.07, 6.45) is 1.35. The van der Waals surface area contributed by atoms with Gasteiger partial charge in [0.1, 0.15) is 0 Å². The highest BCUT2D eigenvalue weighted by Gasteiger charge is 2.10.